The lowest BCUT2D eigenvalue weighted by molar-refractivity contribution is 0.377. The molecule has 2 aromatic carbocycles. The maximum absolute atomic E-state index is 13.7. The molecular weight excluding hydrogens is 369 g/mol. The van der Waals surface area contributed by atoms with Gasteiger partial charge < -0.3 is 10.5 Å². The largest absolute Gasteiger partial charge is 0.486 e. The summed E-state index contributed by atoms with van der Waals surface area (Å²) in [5.41, 5.74) is 9.15. The van der Waals surface area contributed by atoms with Crippen LogP contribution in [-0.4, -0.2) is 22.8 Å². The van der Waals surface area contributed by atoms with Crippen LogP contribution in [0.5, 0.6) is 5.75 Å². The van der Waals surface area contributed by atoms with Crippen molar-refractivity contribution >= 4 is 35.0 Å². The number of rotatable bonds is 3. The second kappa shape index (κ2) is 7.16. The zero-order valence-electron chi connectivity index (χ0n) is 16.6. The minimum atomic E-state index is -0.652. The molecular formula is C22H22FN5O. The number of hydrogen-bond donors (Lipinski definition) is 1. The lowest BCUT2D eigenvalue weighted by Gasteiger charge is -2.27. The molecule has 0 radical (unpaired) electrons. The smallest absolute Gasteiger partial charge is 0.236 e. The van der Waals surface area contributed by atoms with Crippen LogP contribution in [0.2, 0.25) is 0 Å². The normalized spacial score (nSPS) is 13.0. The molecule has 0 amide bonds. The maximum atomic E-state index is 13.7. The van der Waals surface area contributed by atoms with E-state index in [0.717, 1.165) is 23.1 Å². The molecule has 0 unspecified atom stereocenters. The third kappa shape index (κ3) is 3.76. The van der Waals surface area contributed by atoms with Crippen molar-refractivity contribution in [1.82, 2.24) is 9.97 Å². The summed E-state index contributed by atoms with van der Waals surface area (Å²) in [7, 11) is 0. The van der Waals surface area contributed by atoms with Gasteiger partial charge in [0.25, 0.3) is 0 Å². The van der Waals surface area contributed by atoms with Crippen LogP contribution < -0.4 is 15.4 Å². The van der Waals surface area contributed by atoms with Crippen LogP contribution in [0.15, 0.2) is 53.7 Å². The zero-order chi connectivity index (χ0) is 20.6. The van der Waals surface area contributed by atoms with Gasteiger partial charge in [0, 0.05) is 11.9 Å². The monoisotopic (exact) mass is 391 g/mol. The third-order valence-corrected chi connectivity index (χ3v) is 4.67. The molecule has 0 spiro atoms. The summed E-state index contributed by atoms with van der Waals surface area (Å²) in [6, 6.07) is 13.7. The van der Waals surface area contributed by atoms with E-state index in [0.29, 0.717) is 18.0 Å². The van der Waals surface area contributed by atoms with Gasteiger partial charge in [-0.25, -0.2) is 9.37 Å². The number of anilines is 4. The quantitative estimate of drug-likeness (QED) is 0.675. The van der Waals surface area contributed by atoms with Crippen molar-refractivity contribution in [1.29, 1.82) is 0 Å². The Morgan fingerprint density at radius 1 is 1.10 bits per heavy atom. The van der Waals surface area contributed by atoms with E-state index in [-0.39, 0.29) is 17.2 Å². The highest BCUT2D eigenvalue weighted by atomic mass is 19.1. The zero-order valence-corrected chi connectivity index (χ0v) is 16.6. The Morgan fingerprint density at radius 2 is 1.90 bits per heavy atom. The molecule has 7 heteroatoms. The standard InChI is InChI=1S/C22H22FN5O/c1-22(2,3)14-5-4-6-15(11-14)28(21-26-13-17(23)20(24)27-21)16-7-8-19-18(12-16)25-9-10-29-19/h4-9,11-13H,10H2,1-3H3,(H2,24,26,27). The highest BCUT2D eigenvalue weighted by Gasteiger charge is 2.21. The molecule has 1 aliphatic rings. The topological polar surface area (TPSA) is 76.6 Å². The second-order valence-corrected chi connectivity index (χ2v) is 7.81. The van der Waals surface area contributed by atoms with Gasteiger partial charge in [-0.3, -0.25) is 9.89 Å². The molecule has 1 aromatic heterocycles. The van der Waals surface area contributed by atoms with Crippen LogP contribution in [0.1, 0.15) is 26.3 Å². The van der Waals surface area contributed by atoms with Gasteiger partial charge in [0.15, 0.2) is 11.6 Å². The summed E-state index contributed by atoms with van der Waals surface area (Å²) in [6.07, 6.45) is 2.79. The van der Waals surface area contributed by atoms with Crippen LogP contribution in [0, 0.1) is 5.82 Å². The van der Waals surface area contributed by atoms with Gasteiger partial charge in [-0.1, -0.05) is 32.9 Å². The van der Waals surface area contributed by atoms with Crippen LogP contribution in [0.25, 0.3) is 0 Å². The van der Waals surface area contributed by atoms with Crippen molar-refractivity contribution in [3.8, 4) is 5.75 Å². The minimum absolute atomic E-state index is 0.0433. The first-order chi connectivity index (χ1) is 13.8. The van der Waals surface area contributed by atoms with Crippen molar-refractivity contribution in [3.63, 3.8) is 0 Å². The predicted molar refractivity (Wildman–Crippen MR) is 113 cm³/mol. The molecule has 4 rings (SSSR count). The molecule has 6 nitrogen and oxygen atoms in total. The molecule has 0 saturated carbocycles. The Balaban J connectivity index is 1.89. The summed E-state index contributed by atoms with van der Waals surface area (Å²) in [6.45, 7) is 6.89. The first-order valence-corrected chi connectivity index (χ1v) is 9.31. The number of halogens is 1. The van der Waals surface area contributed by atoms with E-state index in [1.807, 2.05) is 35.2 Å². The lowest BCUT2D eigenvalue weighted by Crippen LogP contribution is -2.17. The van der Waals surface area contributed by atoms with Crippen molar-refractivity contribution in [3.05, 3.63) is 60.0 Å². The SMILES string of the molecule is CC(C)(C)c1cccc(N(c2ccc3c(c2)N=CCO3)c2ncc(F)c(N)n2)c1. The fourth-order valence-corrected chi connectivity index (χ4v) is 3.10. The number of benzene rings is 2. The number of nitrogens with zero attached hydrogens (tertiary/aromatic N) is 4. The van der Waals surface area contributed by atoms with Gasteiger partial charge in [-0.2, -0.15) is 4.98 Å². The summed E-state index contributed by atoms with van der Waals surface area (Å²) in [5, 5.41) is 0. The van der Waals surface area contributed by atoms with Crippen LogP contribution in [0.4, 0.5) is 33.2 Å². The Hall–Kier alpha value is -3.48. The highest BCUT2D eigenvalue weighted by Crippen LogP contribution is 2.40. The van der Waals surface area contributed by atoms with Gasteiger partial charge in [-0.05, 0) is 41.3 Å². The summed E-state index contributed by atoms with van der Waals surface area (Å²) in [4.78, 5) is 14.6. The molecule has 0 aliphatic carbocycles. The molecule has 148 valence electrons. The van der Waals surface area contributed by atoms with E-state index in [1.165, 1.54) is 0 Å². The van der Waals surface area contributed by atoms with Crippen LogP contribution in [0.3, 0.4) is 0 Å². The number of aliphatic imine (C=N–C) groups is 1. The average molecular weight is 391 g/mol. The Morgan fingerprint density at radius 3 is 2.66 bits per heavy atom. The van der Waals surface area contributed by atoms with Gasteiger partial charge >= 0.3 is 0 Å². The van der Waals surface area contributed by atoms with E-state index in [2.05, 4.69) is 47.9 Å². The first kappa shape index (κ1) is 18.9. The molecule has 2 heterocycles. The number of nitrogens with two attached hydrogens (primary N) is 1. The molecule has 0 bridgehead atoms. The van der Waals surface area contributed by atoms with Crippen molar-refractivity contribution in [2.24, 2.45) is 4.99 Å². The maximum Gasteiger partial charge on any atom is 0.236 e. The molecule has 0 fully saturated rings. The van der Waals surface area contributed by atoms with Gasteiger partial charge in [0.1, 0.15) is 18.0 Å². The predicted octanol–water partition coefficient (Wildman–Crippen LogP) is 5.06. The van der Waals surface area contributed by atoms with Crippen molar-refractivity contribution in [2.75, 3.05) is 17.2 Å². The number of aromatic nitrogens is 2. The molecule has 2 N–H and O–H groups in total. The molecule has 29 heavy (non-hydrogen) atoms. The van der Waals surface area contributed by atoms with E-state index in [9.17, 15) is 4.39 Å². The number of nitrogen functional groups attached to an aromatic ring is 1. The molecule has 0 saturated heterocycles. The number of ether oxygens (including phenoxy) is 1. The number of hydrogen-bond acceptors (Lipinski definition) is 6. The molecule has 0 atom stereocenters. The lowest BCUT2D eigenvalue weighted by atomic mass is 9.87. The van der Waals surface area contributed by atoms with Gasteiger partial charge in [-0.15, -0.1) is 0 Å². The van der Waals surface area contributed by atoms with E-state index in [4.69, 9.17) is 10.5 Å². The van der Waals surface area contributed by atoms with Crippen molar-refractivity contribution < 1.29 is 9.13 Å². The first-order valence-electron chi connectivity index (χ1n) is 9.31. The summed E-state index contributed by atoms with van der Waals surface area (Å²) < 4.78 is 19.3. The Labute approximate surface area is 168 Å². The van der Waals surface area contributed by atoms with E-state index >= 15 is 0 Å². The summed E-state index contributed by atoms with van der Waals surface area (Å²) >= 11 is 0. The van der Waals surface area contributed by atoms with Crippen molar-refractivity contribution in [2.45, 2.75) is 26.2 Å². The highest BCUT2D eigenvalue weighted by molar-refractivity contribution is 5.79. The minimum Gasteiger partial charge on any atom is -0.486 e. The molecule has 1 aliphatic heterocycles. The van der Waals surface area contributed by atoms with Crippen LogP contribution >= 0.6 is 0 Å². The van der Waals surface area contributed by atoms with Gasteiger partial charge in [0.2, 0.25) is 5.95 Å². The molecule has 3 aromatic rings. The van der Waals surface area contributed by atoms with Gasteiger partial charge in [0.05, 0.1) is 11.9 Å². The second-order valence-electron chi connectivity index (χ2n) is 7.81. The van der Waals surface area contributed by atoms with E-state index in [1.54, 1.807) is 6.21 Å². The fraction of sp³-hybridized carbons (Fsp3) is 0.227. The Kier molecular flexibility index (Phi) is 4.66. The van der Waals surface area contributed by atoms with Crippen LogP contribution in [-0.2, 0) is 5.41 Å². The Bertz CT molecular complexity index is 1090. The summed E-state index contributed by atoms with van der Waals surface area (Å²) in [5.74, 6) is 0.127. The fourth-order valence-electron chi connectivity index (χ4n) is 3.10. The average Bonchev–Trinajstić information content (AvgIpc) is 2.70. The third-order valence-electron chi connectivity index (χ3n) is 4.67. The van der Waals surface area contributed by atoms with E-state index < -0.39 is 5.82 Å². The number of fused-ring (bicyclic) bond motifs is 1.